The number of rotatable bonds is 39. The Hall–Kier alpha value is -6.56. The molecule has 1 aliphatic heterocycles. The van der Waals surface area contributed by atoms with Crippen LogP contribution in [0.1, 0.15) is 33.1 Å². The van der Waals surface area contributed by atoms with Gasteiger partial charge in [0, 0.05) is 45.7 Å². The van der Waals surface area contributed by atoms with Gasteiger partial charge in [-0.05, 0) is 48.7 Å². The summed E-state index contributed by atoms with van der Waals surface area (Å²) < 4.78 is 179. The van der Waals surface area contributed by atoms with Crippen molar-refractivity contribution < 1.29 is 166 Å². The molecule has 622 valence electrons. The van der Waals surface area contributed by atoms with Gasteiger partial charge in [0.2, 0.25) is 11.8 Å². The summed E-state index contributed by atoms with van der Waals surface area (Å²) in [5, 5.41) is 36.9. The highest BCUT2D eigenvalue weighted by molar-refractivity contribution is 8.13. The lowest BCUT2D eigenvalue weighted by Crippen LogP contribution is -2.45. The molecule has 1 fully saturated rings. The van der Waals surface area contributed by atoms with Crippen LogP contribution in [0.15, 0.2) is 0 Å². The van der Waals surface area contributed by atoms with Gasteiger partial charge >= 0.3 is 35.8 Å². The van der Waals surface area contributed by atoms with Crippen molar-refractivity contribution in [1.82, 2.24) is 47.6 Å². The number of aliphatic hydroxyl groups is 1. The summed E-state index contributed by atoms with van der Waals surface area (Å²) in [4.78, 5) is 125. The Morgan fingerprint density at radius 1 is 0.528 bits per heavy atom. The molecule has 0 unspecified atom stereocenters. The molecule has 0 saturated carbocycles. The van der Waals surface area contributed by atoms with Gasteiger partial charge in [-0.15, -0.1) is 30.3 Å². The third kappa shape index (κ3) is 70.4. The van der Waals surface area contributed by atoms with Crippen molar-refractivity contribution in [1.29, 1.82) is 0 Å². The Labute approximate surface area is 626 Å². The van der Waals surface area contributed by atoms with E-state index in [9.17, 15) is 94.8 Å². The van der Waals surface area contributed by atoms with Gasteiger partial charge in [0.05, 0.1) is 72.3 Å². The number of aliphatic hydroxyl groups excluding tert-OH is 1. The Morgan fingerprint density at radius 3 is 1.14 bits per heavy atom. The number of imide groups is 1. The van der Waals surface area contributed by atoms with Crippen molar-refractivity contribution in [2.45, 2.75) is 75.4 Å². The number of likely N-dealkylation sites (N-methyl/N-ethyl adjacent to an activating group) is 6. The zero-order valence-electron chi connectivity index (χ0n) is 60.1. The number of hydrogen-bond acceptors (Lipinski definition) is 38. The second kappa shape index (κ2) is 65.5. The minimum atomic E-state index is -4.39. The van der Waals surface area contributed by atoms with Crippen molar-refractivity contribution in [2.75, 3.05) is 165 Å². The summed E-state index contributed by atoms with van der Waals surface area (Å²) in [7, 11) is -5.66. The molecule has 1 aliphatic rings. The number of carboxylic acid groups (broad SMARTS) is 1. The fourth-order valence-corrected chi connectivity index (χ4v) is 10.4. The first-order valence-corrected chi connectivity index (χ1v) is 38.4. The van der Waals surface area contributed by atoms with Gasteiger partial charge in [0.25, 0.3) is 62.4 Å². The number of esters is 4. The zero-order valence-corrected chi connectivity index (χ0v) is 65.9. The van der Waals surface area contributed by atoms with E-state index in [2.05, 4.69) is 78.2 Å². The number of aliphatic carboxylic acids is 1. The Balaban J connectivity index is -0.000000174. The lowest BCUT2D eigenvalue weighted by molar-refractivity contribution is -0.198. The van der Waals surface area contributed by atoms with Gasteiger partial charge in [-0.25, -0.2) is 4.79 Å². The second-order valence-corrected chi connectivity index (χ2v) is 28.1. The van der Waals surface area contributed by atoms with Crippen LogP contribution in [-0.4, -0.2) is 352 Å². The molecule has 53 heteroatoms. The van der Waals surface area contributed by atoms with Crippen LogP contribution in [0, 0.1) is 30.6 Å². The summed E-state index contributed by atoms with van der Waals surface area (Å²) in [5.41, 5.74) is 5.22. The summed E-state index contributed by atoms with van der Waals surface area (Å²) in [6, 6.07) is -6.30. The van der Waals surface area contributed by atoms with Crippen molar-refractivity contribution >= 4 is 139 Å². The number of amides is 4. The Morgan fingerprint density at radius 2 is 0.858 bits per heavy atom. The number of nitrogens with zero attached hydrogens (tertiary/aromatic N) is 1. The maximum atomic E-state index is 11.5. The first-order chi connectivity index (χ1) is 48.4. The van der Waals surface area contributed by atoms with Gasteiger partial charge in [-0.3, -0.25) is 70.7 Å². The van der Waals surface area contributed by atoms with Crippen LogP contribution in [0.5, 0.6) is 0 Å². The number of carbonyl (C=O) groups is 11. The molecule has 0 spiro atoms. The Kier molecular flexibility index (Phi) is 71.2. The molecular formula is C53H101ClN10O36S6. The molecule has 0 radical (unpaired) electrons. The summed E-state index contributed by atoms with van der Waals surface area (Å²) in [6.45, 7) is 4.42. The third-order valence-corrected chi connectivity index (χ3v) is 16.1. The minimum absolute atomic E-state index is 0. The van der Waals surface area contributed by atoms with E-state index in [1.165, 1.54) is 56.5 Å². The summed E-state index contributed by atoms with van der Waals surface area (Å²) in [5.74, 6) is -6.35. The van der Waals surface area contributed by atoms with Crippen LogP contribution >= 0.6 is 24.2 Å². The van der Waals surface area contributed by atoms with E-state index >= 15 is 0 Å². The number of carboxylic acids is 1. The maximum absolute atomic E-state index is 11.5. The molecule has 0 aliphatic carbocycles. The molecule has 1 rings (SSSR count). The van der Waals surface area contributed by atoms with Crippen LogP contribution < -0.4 is 48.3 Å². The first kappa shape index (κ1) is 115. The van der Waals surface area contributed by atoms with E-state index in [-0.39, 0.29) is 94.5 Å². The van der Waals surface area contributed by atoms with Crippen molar-refractivity contribution in [3.63, 3.8) is 0 Å². The maximum Gasteiger partial charge on any atom is 0.351 e. The number of nitrogens with two attached hydrogens (primary N) is 1. The highest BCUT2D eigenvalue weighted by Crippen LogP contribution is 2.13. The normalized spacial score (nSPS) is 13.8. The van der Waals surface area contributed by atoms with E-state index in [0.29, 0.717) is 23.8 Å². The number of methoxy groups -OCH3 is 5. The third-order valence-electron chi connectivity index (χ3n) is 11.4. The van der Waals surface area contributed by atoms with E-state index in [1.807, 2.05) is 0 Å². The molecule has 106 heavy (non-hydrogen) atoms. The number of carbonyl (C=O) groups excluding carboxylic acids is 10. The van der Waals surface area contributed by atoms with E-state index in [1.54, 1.807) is 28.1 Å². The van der Waals surface area contributed by atoms with E-state index < -0.39 is 169 Å². The minimum Gasteiger partial charge on any atom is -0.480 e. The zero-order chi connectivity index (χ0) is 83.5. The Bertz CT molecular complexity index is 3280. The van der Waals surface area contributed by atoms with Crippen molar-refractivity contribution in [3.8, 4) is 24.7 Å². The number of hydroxylamine groups is 2. The fourth-order valence-electron chi connectivity index (χ4n) is 5.98. The largest absolute Gasteiger partial charge is 0.480 e. The van der Waals surface area contributed by atoms with Gasteiger partial charge in [0.1, 0.15) is 72.8 Å². The highest BCUT2D eigenvalue weighted by atomic mass is 35.5. The molecule has 4 amide bonds. The number of thioether (sulfide) groups is 1. The lowest BCUT2D eigenvalue weighted by atomic mass is 10.1. The quantitative estimate of drug-likeness (QED) is 0.00679. The van der Waals surface area contributed by atoms with Gasteiger partial charge in [-0.1, -0.05) is 30.5 Å². The fraction of sp³-hybridized carbons (Fsp3) is 0.717. The van der Waals surface area contributed by atoms with Crippen LogP contribution in [0.25, 0.3) is 0 Å². The molecule has 0 aromatic heterocycles. The monoisotopic (exact) mass is 1680 g/mol. The predicted molar refractivity (Wildman–Crippen MR) is 378 cm³/mol. The smallest absolute Gasteiger partial charge is 0.351 e. The van der Waals surface area contributed by atoms with Gasteiger partial charge in [0.15, 0.2) is 5.12 Å². The predicted octanol–water partition coefficient (Wildman–Crippen LogP) is -8.53. The van der Waals surface area contributed by atoms with Gasteiger partial charge in [-0.2, -0.15) is 42.1 Å². The molecule has 1 saturated heterocycles. The topological polar surface area (TPSA) is 699 Å². The molecule has 0 aromatic carbocycles. The molecule has 17 N–H and O–H groups in total. The number of nitrogens with one attached hydrogen (secondary N) is 8. The number of ether oxygens (including phenoxy) is 7. The number of terminal acetylenes is 2. The highest BCUT2D eigenvalue weighted by Gasteiger charge is 2.36. The lowest BCUT2D eigenvalue weighted by Gasteiger charge is -2.17. The first-order valence-electron chi connectivity index (χ1n) is 29.4. The molecule has 1 heterocycles. The SMILES string of the molecule is C#CCOCCNC(=O)[C@@H](CC)CS(=O)(=O)O.C#CCOCCNC(=O)[C@@H](N)CS(=O)(=O)O.CN[C@@H](CO)C(=O)OC.CN[C@@H](COC)C(=O)OC.CN[C@@H](CS(=O)(=O)O)C(=O)O.CN[C@@H](CS(=O)(=O)O)C(=O)OC.CN[C@@H](CS(=O)(=O)O)C(=O)ON1C(=O)CCC1=O.CN[C@@H](CSC(C)=O)C(=O)OC.Cl. The van der Waals surface area contributed by atoms with Crippen molar-refractivity contribution in [3.05, 3.63) is 0 Å². The van der Waals surface area contributed by atoms with E-state index in [0.717, 1.165) is 18.9 Å². The molecule has 0 aromatic rings. The van der Waals surface area contributed by atoms with Crippen LogP contribution in [0.3, 0.4) is 0 Å². The van der Waals surface area contributed by atoms with E-state index in [4.69, 9.17) is 65.8 Å². The molecule has 46 nitrogen and oxygen atoms in total. The second-order valence-electron chi connectivity index (χ2n) is 19.5. The van der Waals surface area contributed by atoms with Crippen LogP contribution in [0.2, 0.25) is 0 Å². The van der Waals surface area contributed by atoms with Gasteiger partial charge < -0.3 is 96.5 Å². The molecule has 8 atom stereocenters. The number of hydrogen-bond donors (Lipinski definition) is 16. The summed E-state index contributed by atoms with van der Waals surface area (Å²) >= 11 is 1.11. The van der Waals surface area contributed by atoms with Crippen LogP contribution in [0.4, 0.5) is 0 Å². The molecule has 0 bridgehead atoms. The van der Waals surface area contributed by atoms with Crippen LogP contribution in [-0.2, 0) is 141 Å². The van der Waals surface area contributed by atoms with Crippen molar-refractivity contribution in [2.24, 2.45) is 11.7 Å². The molecular weight excluding hydrogens is 1580 g/mol. The summed E-state index contributed by atoms with van der Waals surface area (Å²) in [6.07, 6.45) is 10.1. The number of halogens is 1. The standard InChI is InChI=1S/C10H17NO5S.C8H12N2O7S.C8H14N2O5S.C7H13NO3S.C6H13NO3.C5H11NO5S.C5H11NO3.C4H9NO5S.ClH/c1-3-6-16-7-5-11-10(12)9(4-2)8-17(13,14)15;1-9-5(4-18(14,15)16)8(13)17-10-6(11)2-3-7(10)12;1-2-4-15-5-3-10-8(11)7(9)6-16(12,13)14;1-5(9)12-4-6(8-2)7(10)11-3;1-7-5(4-9-2)6(8)10-3;1-6-4(5(7)11-2)3-12(8,9)10;1-6-4(3-7)5(8)9-2;1-5-3(4(6)7)2-11(8,9)10;/h1,9H,4-8H2,2H3,(H,11,12)(H,13,14,15);5,9H,2-4H2,1H3,(H,14,15,16);1,7H,3-6,9H2,(H,10,11)(H,12,13,14);6,8H,4H2,1-3H3;5,7H,4H2,1-3H3;4,6H,3H2,1-2H3,(H,8,9,10);4,6-7H,3H2,1-2H3;3,5H,2H2,1H3,(H,6,7)(H,8,9,10);1H/t9-;5-;7-;6-;5-;2*4-;3-;/m00000000./s1. The average Bonchev–Trinajstić information content (AvgIpc) is 1.67. The average molecular weight is 1680 g/mol.